The van der Waals surface area contributed by atoms with E-state index in [1.807, 2.05) is 0 Å². The molecule has 0 saturated carbocycles. The predicted molar refractivity (Wildman–Crippen MR) is 93.3 cm³/mol. The second-order valence-corrected chi connectivity index (χ2v) is 7.11. The summed E-state index contributed by atoms with van der Waals surface area (Å²) in [6.45, 7) is 1.76. The van der Waals surface area contributed by atoms with E-state index in [0.29, 0.717) is 32.0 Å². The number of likely N-dealkylation sites (tertiary alicyclic amines) is 1. The third-order valence-electron chi connectivity index (χ3n) is 5.14. The number of rotatable bonds is 4. The Morgan fingerprint density at radius 3 is 2.73 bits per heavy atom. The van der Waals surface area contributed by atoms with E-state index in [4.69, 9.17) is 9.84 Å². The van der Waals surface area contributed by atoms with Gasteiger partial charge in [0, 0.05) is 19.7 Å². The molecular formula is C19H25FN2O4. The highest BCUT2D eigenvalue weighted by Crippen LogP contribution is 2.24. The first kappa shape index (κ1) is 18.6. The second-order valence-electron chi connectivity index (χ2n) is 7.11. The molecule has 0 aliphatic carbocycles. The van der Waals surface area contributed by atoms with Gasteiger partial charge in [0.2, 0.25) is 0 Å². The molecule has 3 unspecified atom stereocenters. The van der Waals surface area contributed by atoms with Gasteiger partial charge in [-0.3, -0.25) is 4.79 Å². The van der Waals surface area contributed by atoms with Gasteiger partial charge in [-0.2, -0.15) is 0 Å². The number of carboxylic acid groups (broad SMARTS) is 1. The molecule has 2 heterocycles. The molecule has 0 aromatic heterocycles. The molecule has 1 aromatic carbocycles. The van der Waals surface area contributed by atoms with Gasteiger partial charge in [0.15, 0.2) is 6.10 Å². The molecule has 7 heteroatoms. The zero-order valence-corrected chi connectivity index (χ0v) is 14.7. The zero-order chi connectivity index (χ0) is 18.5. The van der Waals surface area contributed by atoms with Crippen LogP contribution in [0.4, 0.5) is 9.18 Å². The van der Waals surface area contributed by atoms with Crippen LogP contribution in [0.2, 0.25) is 0 Å². The van der Waals surface area contributed by atoms with Crippen molar-refractivity contribution < 1.29 is 23.8 Å². The molecule has 0 spiro atoms. The average molecular weight is 364 g/mol. The summed E-state index contributed by atoms with van der Waals surface area (Å²) in [4.78, 5) is 25.7. The van der Waals surface area contributed by atoms with Gasteiger partial charge < -0.3 is 20.1 Å². The summed E-state index contributed by atoms with van der Waals surface area (Å²) < 4.78 is 18.7. The van der Waals surface area contributed by atoms with Crippen molar-refractivity contribution in [1.29, 1.82) is 0 Å². The first-order valence-electron chi connectivity index (χ1n) is 9.17. The maximum absolute atomic E-state index is 13.1. The fourth-order valence-corrected chi connectivity index (χ4v) is 3.90. The maximum Gasteiger partial charge on any atom is 0.404 e. The van der Waals surface area contributed by atoms with E-state index in [-0.39, 0.29) is 11.7 Å². The topological polar surface area (TPSA) is 78.9 Å². The van der Waals surface area contributed by atoms with E-state index in [9.17, 15) is 14.0 Å². The molecule has 3 rings (SSSR count). The Bertz CT molecular complexity index is 637. The lowest BCUT2D eigenvalue weighted by Gasteiger charge is -2.38. The van der Waals surface area contributed by atoms with Crippen molar-refractivity contribution in [1.82, 2.24) is 10.2 Å². The standard InChI is InChI=1S/C19H25FN2O4/c20-15-7-5-13(6-8-15)11-14-3-1-9-22(12-14)18(23)17-16(21-19(24)25)4-2-10-26-17/h5-8,14,16-17,21H,1-4,9-12H2,(H,24,25). The summed E-state index contributed by atoms with van der Waals surface area (Å²) in [5.74, 6) is -0.0690. The monoisotopic (exact) mass is 364 g/mol. The highest BCUT2D eigenvalue weighted by Gasteiger charge is 2.37. The van der Waals surface area contributed by atoms with E-state index in [1.165, 1.54) is 12.1 Å². The predicted octanol–water partition coefficient (Wildman–Crippen LogP) is 2.42. The Labute approximate surface area is 152 Å². The smallest absolute Gasteiger partial charge is 0.404 e. The zero-order valence-electron chi connectivity index (χ0n) is 14.7. The molecule has 1 aromatic rings. The summed E-state index contributed by atoms with van der Waals surface area (Å²) >= 11 is 0. The molecule has 2 aliphatic heterocycles. The summed E-state index contributed by atoms with van der Waals surface area (Å²) in [7, 11) is 0. The molecule has 142 valence electrons. The van der Waals surface area contributed by atoms with Crippen LogP contribution in [0, 0.1) is 11.7 Å². The lowest BCUT2D eigenvalue weighted by molar-refractivity contribution is -0.150. The lowest BCUT2D eigenvalue weighted by atomic mass is 9.90. The number of hydrogen-bond donors (Lipinski definition) is 2. The SMILES string of the molecule is O=C(O)NC1CCCOC1C(=O)N1CCCC(Cc2ccc(F)cc2)C1. The van der Waals surface area contributed by atoms with Crippen LogP contribution in [0.15, 0.2) is 24.3 Å². The Kier molecular flexibility index (Phi) is 6.08. The molecule has 3 atom stereocenters. The van der Waals surface area contributed by atoms with E-state index in [2.05, 4.69) is 5.32 Å². The van der Waals surface area contributed by atoms with Crippen LogP contribution < -0.4 is 5.32 Å². The van der Waals surface area contributed by atoms with Gasteiger partial charge in [-0.1, -0.05) is 12.1 Å². The molecular weight excluding hydrogens is 339 g/mol. The number of nitrogens with zero attached hydrogens (tertiary/aromatic N) is 1. The Hall–Kier alpha value is -2.15. The number of halogens is 1. The summed E-state index contributed by atoms with van der Waals surface area (Å²) in [5, 5.41) is 11.4. The van der Waals surface area contributed by atoms with Crippen molar-refractivity contribution in [2.45, 2.75) is 44.2 Å². The van der Waals surface area contributed by atoms with Crippen molar-refractivity contribution >= 4 is 12.0 Å². The lowest BCUT2D eigenvalue weighted by Crippen LogP contribution is -2.56. The number of piperidine rings is 1. The quantitative estimate of drug-likeness (QED) is 0.860. The van der Waals surface area contributed by atoms with Crippen molar-refractivity contribution in [3.8, 4) is 0 Å². The van der Waals surface area contributed by atoms with Gasteiger partial charge in [-0.05, 0) is 55.7 Å². The van der Waals surface area contributed by atoms with Crippen LogP contribution in [0.5, 0.6) is 0 Å². The minimum absolute atomic E-state index is 0.132. The van der Waals surface area contributed by atoms with Crippen LogP contribution >= 0.6 is 0 Å². The van der Waals surface area contributed by atoms with Crippen LogP contribution in [0.3, 0.4) is 0 Å². The largest absolute Gasteiger partial charge is 0.465 e. The first-order chi connectivity index (χ1) is 12.5. The van der Waals surface area contributed by atoms with Gasteiger partial charge in [0.25, 0.3) is 5.91 Å². The minimum Gasteiger partial charge on any atom is -0.465 e. The van der Waals surface area contributed by atoms with Gasteiger partial charge in [0.1, 0.15) is 5.82 Å². The number of ether oxygens (including phenoxy) is 1. The van der Waals surface area contributed by atoms with Gasteiger partial charge in [-0.15, -0.1) is 0 Å². The maximum atomic E-state index is 13.1. The number of hydrogen-bond acceptors (Lipinski definition) is 3. The number of carbonyl (C=O) groups excluding carboxylic acids is 1. The molecule has 2 saturated heterocycles. The Morgan fingerprint density at radius 2 is 2.00 bits per heavy atom. The molecule has 2 fully saturated rings. The van der Waals surface area contributed by atoms with Crippen LogP contribution in [0.1, 0.15) is 31.2 Å². The van der Waals surface area contributed by atoms with Crippen molar-refractivity contribution in [3.63, 3.8) is 0 Å². The fraction of sp³-hybridized carbons (Fsp3) is 0.579. The third kappa shape index (κ3) is 4.72. The van der Waals surface area contributed by atoms with Crippen molar-refractivity contribution in [2.24, 2.45) is 5.92 Å². The number of benzene rings is 1. The first-order valence-corrected chi connectivity index (χ1v) is 9.17. The van der Waals surface area contributed by atoms with Crippen LogP contribution in [-0.4, -0.2) is 53.8 Å². The molecule has 2 amide bonds. The number of amides is 2. The average Bonchev–Trinajstić information content (AvgIpc) is 2.63. The molecule has 6 nitrogen and oxygen atoms in total. The Balaban J connectivity index is 1.61. The van der Waals surface area contributed by atoms with Crippen LogP contribution in [-0.2, 0) is 16.0 Å². The summed E-state index contributed by atoms with van der Waals surface area (Å²) in [6, 6.07) is 5.99. The van der Waals surface area contributed by atoms with E-state index < -0.39 is 18.2 Å². The molecule has 0 radical (unpaired) electrons. The molecule has 0 bridgehead atoms. The van der Waals surface area contributed by atoms with Gasteiger partial charge >= 0.3 is 6.09 Å². The van der Waals surface area contributed by atoms with Crippen LogP contribution in [0.25, 0.3) is 0 Å². The van der Waals surface area contributed by atoms with E-state index >= 15 is 0 Å². The highest BCUT2D eigenvalue weighted by atomic mass is 19.1. The molecule has 2 aliphatic rings. The molecule has 2 N–H and O–H groups in total. The van der Waals surface area contributed by atoms with Crippen molar-refractivity contribution in [3.05, 3.63) is 35.6 Å². The third-order valence-corrected chi connectivity index (χ3v) is 5.14. The minimum atomic E-state index is -1.13. The highest BCUT2D eigenvalue weighted by molar-refractivity contribution is 5.82. The fourth-order valence-electron chi connectivity index (χ4n) is 3.90. The van der Waals surface area contributed by atoms with Crippen molar-refractivity contribution in [2.75, 3.05) is 19.7 Å². The normalized spacial score (nSPS) is 26.3. The van der Waals surface area contributed by atoms with E-state index in [1.54, 1.807) is 17.0 Å². The summed E-state index contributed by atoms with van der Waals surface area (Å²) in [6.07, 6.45) is 2.19. The van der Waals surface area contributed by atoms with E-state index in [0.717, 1.165) is 31.2 Å². The number of nitrogens with one attached hydrogen (secondary N) is 1. The second kappa shape index (κ2) is 8.49. The Morgan fingerprint density at radius 1 is 1.23 bits per heavy atom. The van der Waals surface area contributed by atoms with Gasteiger partial charge in [-0.25, -0.2) is 9.18 Å². The van der Waals surface area contributed by atoms with Gasteiger partial charge in [0.05, 0.1) is 6.04 Å². The number of carbonyl (C=O) groups is 2. The molecule has 26 heavy (non-hydrogen) atoms. The summed E-state index contributed by atoms with van der Waals surface area (Å²) in [5.41, 5.74) is 1.06.